The number of ether oxygens (including phenoxy) is 1. The SMILES string of the molecule is CC(=O)O.CC(=O)O.Cc1cc(C)n(CCNC(=O)[C@@H]2CC[C@H](N)CN(C3CCOCC3)C2)c(=O)n1. The Morgan fingerprint density at radius 3 is 2.22 bits per heavy atom. The van der Waals surface area contributed by atoms with Crippen molar-refractivity contribution in [2.45, 2.75) is 72.0 Å². The van der Waals surface area contributed by atoms with Gasteiger partial charge in [-0.15, -0.1) is 0 Å². The summed E-state index contributed by atoms with van der Waals surface area (Å²) >= 11 is 0. The van der Waals surface area contributed by atoms with Crippen molar-refractivity contribution in [3.8, 4) is 0 Å². The van der Waals surface area contributed by atoms with Gasteiger partial charge in [0.05, 0.1) is 5.92 Å². The predicted molar refractivity (Wildman–Crippen MR) is 134 cm³/mol. The Hall–Kier alpha value is -2.83. The van der Waals surface area contributed by atoms with Crippen molar-refractivity contribution in [3.05, 3.63) is 27.9 Å². The van der Waals surface area contributed by atoms with Gasteiger partial charge < -0.3 is 26.0 Å². The zero-order valence-electron chi connectivity index (χ0n) is 21.7. The van der Waals surface area contributed by atoms with Crippen LogP contribution in [0, 0.1) is 19.8 Å². The van der Waals surface area contributed by atoms with Gasteiger partial charge in [0.2, 0.25) is 5.91 Å². The zero-order chi connectivity index (χ0) is 27.3. The van der Waals surface area contributed by atoms with Gasteiger partial charge in [-0.3, -0.25) is 23.9 Å². The quantitative estimate of drug-likeness (QED) is 0.432. The number of carboxylic acid groups (broad SMARTS) is 2. The van der Waals surface area contributed by atoms with Crippen LogP contribution in [0.15, 0.2) is 10.9 Å². The van der Waals surface area contributed by atoms with Gasteiger partial charge in [-0.25, -0.2) is 4.79 Å². The second kappa shape index (κ2) is 16.0. The number of carbonyl (C=O) groups is 3. The first-order valence-corrected chi connectivity index (χ1v) is 12.2. The topological polar surface area (TPSA) is 177 Å². The maximum Gasteiger partial charge on any atom is 0.348 e. The number of likely N-dealkylation sites (tertiary alicyclic amines) is 1. The number of nitrogens with two attached hydrogens (primary N) is 1. The van der Waals surface area contributed by atoms with E-state index in [9.17, 15) is 9.59 Å². The van der Waals surface area contributed by atoms with Crippen molar-refractivity contribution >= 4 is 17.8 Å². The molecule has 2 atom stereocenters. The minimum Gasteiger partial charge on any atom is -0.481 e. The molecule has 36 heavy (non-hydrogen) atoms. The van der Waals surface area contributed by atoms with E-state index in [0.29, 0.717) is 24.8 Å². The van der Waals surface area contributed by atoms with Crippen LogP contribution >= 0.6 is 0 Å². The first-order chi connectivity index (χ1) is 16.9. The van der Waals surface area contributed by atoms with Crippen molar-refractivity contribution < 1.29 is 29.3 Å². The average molecular weight is 512 g/mol. The van der Waals surface area contributed by atoms with Gasteiger partial charge >= 0.3 is 5.69 Å². The molecule has 12 heteroatoms. The van der Waals surface area contributed by atoms with Crippen LogP contribution in [0.25, 0.3) is 0 Å². The lowest BCUT2D eigenvalue weighted by atomic mass is 10.0. The summed E-state index contributed by atoms with van der Waals surface area (Å²) in [4.78, 5) is 49.2. The van der Waals surface area contributed by atoms with Gasteiger partial charge in [-0.1, -0.05) is 0 Å². The largest absolute Gasteiger partial charge is 0.481 e. The van der Waals surface area contributed by atoms with Crippen molar-refractivity contribution in [2.24, 2.45) is 11.7 Å². The molecule has 0 unspecified atom stereocenters. The highest BCUT2D eigenvalue weighted by molar-refractivity contribution is 5.78. The fourth-order valence-electron chi connectivity index (χ4n) is 4.30. The number of aryl methyl sites for hydroxylation is 2. The molecule has 204 valence electrons. The minimum atomic E-state index is -0.833. The second-order valence-corrected chi connectivity index (χ2v) is 9.13. The molecule has 5 N–H and O–H groups in total. The highest BCUT2D eigenvalue weighted by Crippen LogP contribution is 2.22. The molecule has 0 aromatic carbocycles. The van der Waals surface area contributed by atoms with Crippen LogP contribution < -0.4 is 16.7 Å². The lowest BCUT2D eigenvalue weighted by molar-refractivity contribution is -0.135. The molecule has 0 radical (unpaired) electrons. The number of amides is 1. The molecule has 1 aromatic rings. The zero-order valence-corrected chi connectivity index (χ0v) is 21.7. The average Bonchev–Trinajstić information content (AvgIpc) is 2.97. The summed E-state index contributed by atoms with van der Waals surface area (Å²) in [6.07, 6.45) is 3.67. The molecule has 0 bridgehead atoms. The van der Waals surface area contributed by atoms with Crippen LogP contribution in [0.4, 0.5) is 0 Å². The molecule has 2 fully saturated rings. The van der Waals surface area contributed by atoms with Crippen LogP contribution in [0.5, 0.6) is 0 Å². The molecule has 2 aliphatic heterocycles. The molecular formula is C24H41N5O7. The summed E-state index contributed by atoms with van der Waals surface area (Å²) < 4.78 is 7.08. The number of aliphatic carboxylic acids is 2. The summed E-state index contributed by atoms with van der Waals surface area (Å²) in [5, 5.41) is 17.9. The number of carbonyl (C=O) groups excluding carboxylic acids is 1. The second-order valence-electron chi connectivity index (χ2n) is 9.13. The van der Waals surface area contributed by atoms with Crippen LogP contribution in [0.3, 0.4) is 0 Å². The number of nitrogens with one attached hydrogen (secondary N) is 1. The summed E-state index contributed by atoms with van der Waals surface area (Å²) in [6.45, 7) is 9.87. The van der Waals surface area contributed by atoms with E-state index in [4.69, 9.17) is 30.3 Å². The van der Waals surface area contributed by atoms with Gasteiger partial charge in [0.1, 0.15) is 0 Å². The predicted octanol–water partition coefficient (Wildman–Crippen LogP) is 0.376. The first kappa shape index (κ1) is 31.2. The smallest absolute Gasteiger partial charge is 0.348 e. The highest BCUT2D eigenvalue weighted by atomic mass is 16.5. The molecule has 1 aromatic heterocycles. The number of nitrogens with zero attached hydrogens (tertiary/aromatic N) is 3. The van der Waals surface area contributed by atoms with Crippen molar-refractivity contribution in [3.63, 3.8) is 0 Å². The summed E-state index contributed by atoms with van der Waals surface area (Å²) in [6, 6.07) is 2.44. The van der Waals surface area contributed by atoms with Gasteiger partial charge in [0, 0.05) is 76.7 Å². The van der Waals surface area contributed by atoms with E-state index >= 15 is 0 Å². The number of aromatic nitrogens is 2. The van der Waals surface area contributed by atoms with Gasteiger partial charge in [0.25, 0.3) is 11.9 Å². The van der Waals surface area contributed by atoms with Gasteiger partial charge in [0.15, 0.2) is 0 Å². The Morgan fingerprint density at radius 2 is 1.67 bits per heavy atom. The van der Waals surface area contributed by atoms with E-state index in [1.807, 2.05) is 19.9 Å². The van der Waals surface area contributed by atoms with E-state index in [0.717, 1.165) is 71.5 Å². The number of hydrogen-bond acceptors (Lipinski definition) is 8. The van der Waals surface area contributed by atoms with E-state index < -0.39 is 11.9 Å². The van der Waals surface area contributed by atoms with Crippen LogP contribution in [0.1, 0.15) is 50.9 Å². The summed E-state index contributed by atoms with van der Waals surface area (Å²) in [7, 11) is 0. The number of hydrogen-bond donors (Lipinski definition) is 4. The molecule has 3 heterocycles. The Morgan fingerprint density at radius 1 is 1.08 bits per heavy atom. The summed E-state index contributed by atoms with van der Waals surface area (Å²) in [5.74, 6) is -1.68. The summed E-state index contributed by atoms with van der Waals surface area (Å²) in [5.41, 5.74) is 7.57. The van der Waals surface area contributed by atoms with E-state index in [1.54, 1.807) is 4.57 Å². The van der Waals surface area contributed by atoms with E-state index in [1.165, 1.54) is 0 Å². The van der Waals surface area contributed by atoms with Crippen molar-refractivity contribution in [2.75, 3.05) is 32.8 Å². The third kappa shape index (κ3) is 12.2. The Kier molecular flexibility index (Phi) is 13.9. The van der Waals surface area contributed by atoms with Crippen molar-refractivity contribution in [1.82, 2.24) is 19.8 Å². The van der Waals surface area contributed by atoms with E-state index in [-0.39, 0.29) is 23.6 Å². The van der Waals surface area contributed by atoms with Crippen molar-refractivity contribution in [1.29, 1.82) is 0 Å². The lowest BCUT2D eigenvalue weighted by Crippen LogP contribution is -2.47. The molecule has 12 nitrogen and oxygen atoms in total. The third-order valence-corrected chi connectivity index (χ3v) is 5.87. The molecule has 0 aliphatic carbocycles. The molecular weight excluding hydrogens is 470 g/mol. The highest BCUT2D eigenvalue weighted by Gasteiger charge is 2.31. The molecule has 2 aliphatic rings. The Labute approximate surface area is 211 Å². The standard InChI is InChI=1S/C20H33N5O3.2C2H4O2/c1-14-11-15(2)25(20(27)23-14)8-7-22-19(26)16-3-4-17(21)13-24(12-16)18-5-9-28-10-6-18;2*1-2(3)4/h11,16-18H,3-10,12-13,21H2,1-2H3,(H,22,26);2*1H3,(H,3,4)/t16-,17+;;/m1../s1. The molecule has 3 rings (SSSR count). The lowest BCUT2D eigenvalue weighted by Gasteiger charge is -2.35. The minimum absolute atomic E-state index is 0.0527. The first-order valence-electron chi connectivity index (χ1n) is 12.2. The fourth-order valence-corrected chi connectivity index (χ4v) is 4.30. The van der Waals surface area contributed by atoms with Gasteiger partial charge in [-0.05, 0) is 45.6 Å². The molecule has 0 saturated carbocycles. The number of carboxylic acids is 2. The molecule has 1 amide bonds. The monoisotopic (exact) mass is 511 g/mol. The van der Waals surface area contributed by atoms with Crippen LogP contribution in [-0.2, 0) is 25.7 Å². The Balaban J connectivity index is 0.000000709. The molecule has 2 saturated heterocycles. The fraction of sp³-hybridized carbons (Fsp3) is 0.708. The van der Waals surface area contributed by atoms with Gasteiger partial charge in [-0.2, -0.15) is 4.98 Å². The molecule has 0 spiro atoms. The maximum atomic E-state index is 12.8. The third-order valence-electron chi connectivity index (χ3n) is 5.87. The maximum absolute atomic E-state index is 12.8. The van der Waals surface area contributed by atoms with E-state index in [2.05, 4.69) is 15.2 Å². The number of rotatable bonds is 5. The normalized spacial score (nSPS) is 20.6. The van der Waals surface area contributed by atoms with Crippen LogP contribution in [0.2, 0.25) is 0 Å². The Bertz CT molecular complexity index is 895. The van der Waals surface area contributed by atoms with Crippen LogP contribution in [-0.4, -0.2) is 87.4 Å².